The third-order valence-corrected chi connectivity index (χ3v) is 4.06. The number of nitrogens with zero attached hydrogens (tertiary/aromatic N) is 2. The van der Waals surface area contributed by atoms with Gasteiger partial charge in [0, 0.05) is 17.7 Å². The number of rotatable bonds is 9. The zero-order chi connectivity index (χ0) is 20.4. The van der Waals surface area contributed by atoms with Gasteiger partial charge in [-0.3, -0.25) is 10.1 Å². The molecule has 1 N–H and O–H groups in total. The maximum absolute atomic E-state index is 11.8. The maximum atomic E-state index is 11.8. The van der Waals surface area contributed by atoms with E-state index in [4.69, 9.17) is 9.47 Å². The van der Waals surface area contributed by atoms with Crippen molar-refractivity contribution in [3.63, 3.8) is 0 Å². The first-order valence-corrected chi connectivity index (χ1v) is 8.90. The van der Waals surface area contributed by atoms with Crippen LogP contribution < -0.4 is 14.8 Å². The minimum Gasteiger partial charge on any atom is -0.489 e. The number of carbonyl (C=O) groups excluding carboxylic acids is 2. The van der Waals surface area contributed by atoms with Crippen LogP contribution in [0, 0.1) is 0 Å². The second-order valence-corrected chi connectivity index (χ2v) is 6.17. The minimum atomic E-state index is -0.620. The van der Waals surface area contributed by atoms with Crippen LogP contribution in [0.1, 0.15) is 5.56 Å². The molecule has 0 bridgehead atoms. The first kappa shape index (κ1) is 21.0. The Bertz CT molecular complexity index is 861. The summed E-state index contributed by atoms with van der Waals surface area (Å²) in [4.78, 5) is 23.2. The minimum absolute atomic E-state index is 0.180. The molecule has 1 amide bonds. The molecule has 0 spiro atoms. The number of benzene rings is 1. The van der Waals surface area contributed by atoms with Crippen LogP contribution in [0.25, 0.3) is 0 Å². The maximum Gasteiger partial charge on any atom is 0.331 e. The molecule has 1 fully saturated rings. The largest absolute Gasteiger partial charge is 0.489 e. The number of ether oxygens (including phenoxy) is 3. The van der Waals surface area contributed by atoms with Gasteiger partial charge in [-0.05, 0) is 23.9 Å². The molecule has 1 aromatic rings. The molecule has 2 rings (SSSR count). The molecule has 0 atom stereocenters. The molecular weight excluding hydrogens is 382 g/mol. The number of amides is 1. The summed E-state index contributed by atoms with van der Waals surface area (Å²) in [5.41, 5.74) is 0.664. The third kappa shape index (κ3) is 6.13. The lowest BCUT2D eigenvalue weighted by atomic mass is 10.2. The number of nitrogens with one attached hydrogen (secondary N) is 1. The molecular formula is C19H19N3O5S. The number of carbonyl (C=O) groups is 2. The number of methoxy groups -OCH3 is 1. The van der Waals surface area contributed by atoms with Crippen LogP contribution in [-0.2, 0) is 14.3 Å². The number of thioether (sulfide) groups is 1. The fraction of sp³-hybridized carbons (Fsp3) is 0.158. The van der Waals surface area contributed by atoms with E-state index in [9.17, 15) is 9.59 Å². The van der Waals surface area contributed by atoms with E-state index >= 15 is 0 Å². The summed E-state index contributed by atoms with van der Waals surface area (Å²) in [7, 11) is 1.23. The molecule has 0 aromatic heterocycles. The van der Waals surface area contributed by atoms with E-state index < -0.39 is 11.9 Å². The van der Waals surface area contributed by atoms with Gasteiger partial charge in [-0.1, -0.05) is 25.3 Å². The fourth-order valence-electron chi connectivity index (χ4n) is 1.92. The standard InChI is InChI=1S/C19H19N3O5S/c1-4-8-26-14-7-6-13(15(10-14)27-9-5-2)12-20-22-19-21-18(24)16(28-19)11-17(23)25-3/h4-7,10-12H,1-2,8-9H2,3H3,(H,21,22,24)/b16-11+,20-12?. The summed E-state index contributed by atoms with van der Waals surface area (Å²) in [6, 6.07) is 5.26. The molecule has 0 unspecified atom stereocenters. The summed E-state index contributed by atoms with van der Waals surface area (Å²) < 4.78 is 15.6. The van der Waals surface area contributed by atoms with E-state index in [2.05, 4.69) is 33.4 Å². The summed E-state index contributed by atoms with van der Waals surface area (Å²) in [5, 5.41) is 10.7. The lowest BCUT2D eigenvalue weighted by Gasteiger charge is -2.10. The van der Waals surface area contributed by atoms with Crippen molar-refractivity contribution in [2.24, 2.45) is 10.2 Å². The first-order valence-electron chi connectivity index (χ1n) is 8.08. The number of amidine groups is 1. The van der Waals surface area contributed by atoms with Crippen molar-refractivity contribution in [1.29, 1.82) is 0 Å². The molecule has 146 valence electrons. The van der Waals surface area contributed by atoms with Gasteiger partial charge in [-0.25, -0.2) is 4.79 Å². The van der Waals surface area contributed by atoms with E-state index in [1.54, 1.807) is 30.4 Å². The Hall–Kier alpha value is -3.33. The first-order chi connectivity index (χ1) is 13.6. The zero-order valence-corrected chi connectivity index (χ0v) is 16.0. The Morgan fingerprint density at radius 2 is 2.00 bits per heavy atom. The van der Waals surface area contributed by atoms with Crippen molar-refractivity contribution in [2.75, 3.05) is 20.3 Å². The van der Waals surface area contributed by atoms with Gasteiger partial charge in [-0.15, -0.1) is 5.10 Å². The molecule has 1 aromatic carbocycles. The van der Waals surface area contributed by atoms with E-state index in [0.29, 0.717) is 30.3 Å². The Kier molecular flexibility index (Phi) is 8.04. The van der Waals surface area contributed by atoms with Crippen molar-refractivity contribution in [3.05, 3.63) is 60.1 Å². The lowest BCUT2D eigenvalue weighted by Crippen LogP contribution is -2.19. The van der Waals surface area contributed by atoms with Gasteiger partial charge >= 0.3 is 5.97 Å². The summed E-state index contributed by atoms with van der Waals surface area (Å²) in [6.45, 7) is 7.92. The highest BCUT2D eigenvalue weighted by atomic mass is 32.2. The van der Waals surface area contributed by atoms with Gasteiger partial charge in [0.25, 0.3) is 5.91 Å². The average molecular weight is 401 g/mol. The normalized spacial score (nSPS) is 16.2. The number of hydrogen-bond donors (Lipinski definition) is 1. The SMILES string of the molecule is C=CCOc1ccc(C=N/N=C2/NC(=O)/C(=C\C(=O)OC)S2)c(OCC=C)c1. The quantitative estimate of drug-likeness (QED) is 0.224. The Balaban J connectivity index is 2.14. The van der Waals surface area contributed by atoms with Crippen molar-refractivity contribution in [1.82, 2.24) is 5.32 Å². The molecule has 28 heavy (non-hydrogen) atoms. The number of esters is 1. The topological polar surface area (TPSA) is 98.6 Å². The van der Waals surface area contributed by atoms with Crippen molar-refractivity contribution < 1.29 is 23.8 Å². The molecule has 1 aliphatic rings. The predicted octanol–water partition coefficient (Wildman–Crippen LogP) is 2.43. The summed E-state index contributed by atoms with van der Waals surface area (Å²) in [5.74, 6) is 0.103. The average Bonchev–Trinajstić information content (AvgIpc) is 3.04. The molecule has 0 saturated carbocycles. The van der Waals surface area contributed by atoms with Gasteiger partial charge in [0.05, 0.1) is 18.2 Å². The van der Waals surface area contributed by atoms with Crippen LogP contribution in [0.15, 0.2) is 64.7 Å². The van der Waals surface area contributed by atoms with Gasteiger partial charge in [-0.2, -0.15) is 5.10 Å². The van der Waals surface area contributed by atoms with Crippen LogP contribution >= 0.6 is 11.8 Å². The Morgan fingerprint density at radius 1 is 1.25 bits per heavy atom. The molecule has 9 heteroatoms. The highest BCUT2D eigenvalue weighted by Gasteiger charge is 2.25. The fourth-order valence-corrected chi connectivity index (χ4v) is 2.66. The van der Waals surface area contributed by atoms with Gasteiger partial charge in [0.1, 0.15) is 24.7 Å². The summed E-state index contributed by atoms with van der Waals surface area (Å²) in [6.07, 6.45) is 5.84. The highest BCUT2D eigenvalue weighted by Crippen LogP contribution is 2.25. The van der Waals surface area contributed by atoms with Crippen LogP contribution in [0.5, 0.6) is 11.5 Å². The Morgan fingerprint density at radius 3 is 2.71 bits per heavy atom. The molecule has 0 radical (unpaired) electrons. The van der Waals surface area contributed by atoms with Crippen molar-refractivity contribution in [2.45, 2.75) is 0 Å². The molecule has 1 saturated heterocycles. The lowest BCUT2D eigenvalue weighted by molar-refractivity contribution is -0.135. The molecule has 1 aliphatic heterocycles. The van der Waals surface area contributed by atoms with Crippen molar-refractivity contribution in [3.8, 4) is 11.5 Å². The molecule has 0 aliphatic carbocycles. The van der Waals surface area contributed by atoms with Gasteiger partial charge in [0.15, 0.2) is 5.17 Å². The summed E-state index contributed by atoms with van der Waals surface area (Å²) >= 11 is 0.989. The molecule has 1 heterocycles. The van der Waals surface area contributed by atoms with Crippen LogP contribution in [0.3, 0.4) is 0 Å². The van der Waals surface area contributed by atoms with Crippen molar-refractivity contribution >= 4 is 35.0 Å². The third-order valence-electron chi connectivity index (χ3n) is 3.16. The smallest absolute Gasteiger partial charge is 0.331 e. The van der Waals surface area contributed by atoms with E-state index in [1.807, 2.05) is 0 Å². The van der Waals surface area contributed by atoms with Crippen LogP contribution in [0.2, 0.25) is 0 Å². The van der Waals surface area contributed by atoms with Crippen LogP contribution in [-0.4, -0.2) is 43.6 Å². The Labute approximate surface area is 166 Å². The second-order valence-electron chi connectivity index (χ2n) is 5.14. The van der Waals surface area contributed by atoms with E-state index in [-0.39, 0.29) is 10.1 Å². The van der Waals surface area contributed by atoms with Crippen LogP contribution in [0.4, 0.5) is 0 Å². The molecule has 8 nitrogen and oxygen atoms in total. The monoisotopic (exact) mass is 401 g/mol. The zero-order valence-electron chi connectivity index (χ0n) is 15.2. The van der Waals surface area contributed by atoms with E-state index in [0.717, 1.165) is 17.8 Å². The highest BCUT2D eigenvalue weighted by molar-refractivity contribution is 8.18. The number of hydrogen-bond acceptors (Lipinski definition) is 8. The van der Waals surface area contributed by atoms with E-state index in [1.165, 1.54) is 13.3 Å². The second kappa shape index (κ2) is 10.7. The van der Waals surface area contributed by atoms with Gasteiger partial charge < -0.3 is 14.2 Å². The predicted molar refractivity (Wildman–Crippen MR) is 109 cm³/mol. The van der Waals surface area contributed by atoms with Gasteiger partial charge in [0.2, 0.25) is 0 Å².